The third-order valence-electron chi connectivity index (χ3n) is 26.9. The molecule has 0 spiro atoms. The van der Waals surface area contributed by atoms with E-state index in [1.807, 2.05) is 78.7 Å². The number of amides is 7. The van der Waals surface area contributed by atoms with E-state index in [0.717, 1.165) is 280 Å². The van der Waals surface area contributed by atoms with Crippen molar-refractivity contribution in [3.05, 3.63) is 106 Å². The lowest BCUT2D eigenvalue weighted by Gasteiger charge is -2.35. The summed E-state index contributed by atoms with van der Waals surface area (Å²) in [7, 11) is 0. The minimum absolute atomic E-state index is 0.0112. The zero-order valence-corrected chi connectivity index (χ0v) is 89.7. The molecular formula is C102H144Br2ClN31O8S. The number of anilines is 12. The SMILES string of the molecule is C=C(C)c1cnc2[nH]cc(NC(=O)C(C)C)c2c1N1CCC[C@@H](N)C1.CC(C)(O)C(=O)Nc1c[nH]c2ncc(Cl)c(N3CCC[C@@H](N)C3)c12.CC(C)C(=O)Nc1c[nH]c2ncc(C(C)C)c(N3CCC[C@@H](N)C3)c12.CCNC(=O)Nc1c[nH]c2ncc(Br)c(N3CCC[C@@H](N)C3)c12.CSc1cnc2[nH]cc(NC(=O)CC3CC3)c2c1N1CCC[C@@H](N)C1.C[C@H](O)C(=O)Nc1c[nH]c2ncc(Br)c(N3CCC[C@@H](N)C3)c12. The lowest BCUT2D eigenvalue weighted by Crippen LogP contribution is -2.43. The maximum Gasteiger partial charge on any atom is 0.319 e. The van der Waals surface area contributed by atoms with Crippen LogP contribution in [0.3, 0.4) is 0 Å². The molecule has 145 heavy (non-hydrogen) atoms. The first-order valence-corrected chi connectivity index (χ1v) is 53.6. The van der Waals surface area contributed by atoms with Gasteiger partial charge in [-0.2, -0.15) is 0 Å². The lowest BCUT2D eigenvalue weighted by atomic mass is 9.97. The minimum atomic E-state index is -1.48. The van der Waals surface area contributed by atoms with Crippen LogP contribution in [0.4, 0.5) is 73.0 Å². The van der Waals surface area contributed by atoms with Crippen LogP contribution >= 0.6 is 55.2 Å². The van der Waals surface area contributed by atoms with Crippen molar-refractivity contribution in [2.24, 2.45) is 52.2 Å². The summed E-state index contributed by atoms with van der Waals surface area (Å²) in [6.45, 7) is 35.1. The number of hydrogen-bond acceptors (Lipinski definition) is 27. The normalized spacial score (nSPS) is 19.0. The monoisotopic (exact) mass is 2160 g/mol. The number of carbonyl (C=O) groups is 6. The predicted octanol–water partition coefficient (Wildman–Crippen LogP) is 15.1. The summed E-state index contributed by atoms with van der Waals surface area (Å²) >= 11 is 15.3. The first-order valence-electron chi connectivity index (χ1n) is 50.4. The van der Waals surface area contributed by atoms with E-state index in [1.165, 1.54) is 39.2 Å². The maximum absolute atomic E-state index is 12.3. The number of fused-ring (bicyclic) bond motifs is 6. The number of nitrogens with two attached hydrogens (primary N) is 6. The molecule has 19 rings (SSSR count). The van der Waals surface area contributed by atoms with E-state index in [2.05, 4.69) is 185 Å². The molecule has 18 heterocycles. The van der Waals surface area contributed by atoms with Gasteiger partial charge in [-0.25, -0.2) is 34.7 Å². The first kappa shape index (κ1) is 109. The highest BCUT2D eigenvalue weighted by atomic mass is 79.9. The van der Waals surface area contributed by atoms with Gasteiger partial charge in [0.05, 0.1) is 121 Å². The predicted molar refractivity (Wildman–Crippen MR) is 595 cm³/mol. The number of allylic oxidation sites excluding steroid dienone is 1. The molecular weight excluding hydrogens is 2010 g/mol. The van der Waals surface area contributed by atoms with Gasteiger partial charge in [0, 0.05) is 218 Å². The third-order valence-corrected chi connectivity index (χ3v) is 29.1. The molecule has 7 atom stereocenters. The number of H-pyrrole nitrogens is 6. The number of aromatic nitrogens is 12. The summed E-state index contributed by atoms with van der Waals surface area (Å²) in [6.07, 6.45) is 37.9. The third kappa shape index (κ3) is 26.8. The number of thioether (sulfide) groups is 1. The van der Waals surface area contributed by atoms with Crippen molar-refractivity contribution in [3.8, 4) is 0 Å². The fourth-order valence-electron chi connectivity index (χ4n) is 19.2. The van der Waals surface area contributed by atoms with E-state index in [4.69, 9.17) is 46.0 Å². The number of urea groups is 1. The zero-order chi connectivity index (χ0) is 104. The smallest absolute Gasteiger partial charge is 0.319 e. The zero-order valence-electron chi connectivity index (χ0n) is 85.0. The lowest BCUT2D eigenvalue weighted by molar-refractivity contribution is -0.130. The number of nitrogens with one attached hydrogen (secondary N) is 13. The molecule has 12 aromatic rings. The molecule has 1 aliphatic carbocycles. The van der Waals surface area contributed by atoms with E-state index >= 15 is 0 Å². The Morgan fingerprint density at radius 1 is 0.455 bits per heavy atom. The Hall–Kier alpha value is -11.4. The number of pyridine rings is 6. The average molecular weight is 2160 g/mol. The molecule has 0 bridgehead atoms. The van der Waals surface area contributed by atoms with Crippen LogP contribution in [0.25, 0.3) is 71.8 Å². The first-order chi connectivity index (χ1) is 69.2. The van der Waals surface area contributed by atoms with Crippen LogP contribution in [0.15, 0.2) is 94.8 Å². The molecule has 782 valence electrons. The van der Waals surface area contributed by atoms with Gasteiger partial charge in [0.2, 0.25) is 17.7 Å². The van der Waals surface area contributed by atoms with Crippen LogP contribution in [0, 0.1) is 17.8 Å². The fourth-order valence-corrected chi connectivity index (χ4v) is 21.2. The van der Waals surface area contributed by atoms with Crippen LogP contribution in [0.5, 0.6) is 0 Å². The molecule has 27 N–H and O–H groups in total. The molecule has 39 nitrogen and oxygen atoms in total. The van der Waals surface area contributed by atoms with Crippen molar-refractivity contribution in [2.75, 3.05) is 153 Å². The summed E-state index contributed by atoms with van der Waals surface area (Å²) in [5, 5.41) is 45.5. The summed E-state index contributed by atoms with van der Waals surface area (Å²) in [4.78, 5) is 133. The second kappa shape index (κ2) is 48.9. The largest absolute Gasteiger partial charge is 0.384 e. The number of rotatable bonds is 22. The maximum atomic E-state index is 12.3. The number of aromatic amines is 6. The minimum Gasteiger partial charge on any atom is -0.384 e. The van der Waals surface area contributed by atoms with Crippen molar-refractivity contribution in [2.45, 2.75) is 231 Å². The molecule has 7 fully saturated rings. The Balaban J connectivity index is 0.000000138. The van der Waals surface area contributed by atoms with Gasteiger partial charge in [-0.15, -0.1) is 11.8 Å². The van der Waals surface area contributed by atoms with Crippen molar-refractivity contribution in [1.29, 1.82) is 0 Å². The molecule has 7 aliphatic rings. The number of nitrogens with zero attached hydrogens (tertiary/aromatic N) is 12. The van der Waals surface area contributed by atoms with E-state index < -0.39 is 23.5 Å². The van der Waals surface area contributed by atoms with Gasteiger partial charge in [0.1, 0.15) is 45.6 Å². The van der Waals surface area contributed by atoms with Crippen molar-refractivity contribution < 1.29 is 39.0 Å². The molecule has 0 aromatic carbocycles. The Morgan fingerprint density at radius 2 is 0.779 bits per heavy atom. The van der Waals surface area contributed by atoms with Crippen molar-refractivity contribution in [3.63, 3.8) is 0 Å². The molecule has 6 aliphatic heterocycles. The van der Waals surface area contributed by atoms with Gasteiger partial charge in [0.25, 0.3) is 11.8 Å². The number of aliphatic hydroxyl groups is 2. The summed E-state index contributed by atoms with van der Waals surface area (Å²) in [5.74, 6) is -0.0958. The van der Waals surface area contributed by atoms with Crippen molar-refractivity contribution >= 4 is 231 Å². The Morgan fingerprint density at radius 3 is 1.15 bits per heavy atom. The van der Waals surface area contributed by atoms with Gasteiger partial charge in [-0.05, 0) is 186 Å². The van der Waals surface area contributed by atoms with Crippen LogP contribution in [-0.2, 0) is 24.0 Å². The number of aliphatic hydroxyl groups excluding tert-OH is 1. The number of halogens is 3. The summed E-state index contributed by atoms with van der Waals surface area (Å²) in [5.41, 5.74) is 53.5. The average Bonchev–Trinajstić information content (AvgIpc) is 1.53. The van der Waals surface area contributed by atoms with Crippen LogP contribution in [0.1, 0.15) is 190 Å². The van der Waals surface area contributed by atoms with Gasteiger partial charge >= 0.3 is 6.03 Å². The molecule has 43 heteroatoms. The molecule has 1 saturated carbocycles. The van der Waals surface area contributed by atoms with Gasteiger partial charge < -0.3 is 141 Å². The van der Waals surface area contributed by atoms with E-state index in [1.54, 1.807) is 48.9 Å². The Kier molecular flexibility index (Phi) is 36.9. The second-order valence-electron chi connectivity index (χ2n) is 40.3. The molecule has 0 radical (unpaired) electrons. The van der Waals surface area contributed by atoms with Crippen molar-refractivity contribution in [1.82, 2.24) is 65.1 Å². The quantitative estimate of drug-likeness (QED) is 0.0280. The Labute approximate surface area is 871 Å². The summed E-state index contributed by atoms with van der Waals surface area (Å²) < 4.78 is 1.75. The standard InChI is InChI=1S/C19H29N5O.C19H27N5O.C18H25N5OS.C16H22ClN5O2.C15H21BrN6O.C15H20BrN5O2/c2*1-11(2)14-8-21-18-16(15(9-22-18)23-19(25)12(3)4)17(14)24-7-5-6-13(20)10-24;1-25-14-9-21-18-16(17(14)23-6-2-3-12(19)10-23)13(8-20-18)22-15(24)7-11-4-5-11;1-16(2,24)15(23)21-11-7-20-14-12(11)13(10(17)6-19-14)22-5-3-4-9(18)8-22;1-2-18-15(23)21-11-7-20-14-12(11)13(10(16)6-19-14)22-5-3-4-9(17)8-22;1-8(22)15(23)20-11-6-19-14-12(11)13(10(16)5-18-14)21-4-2-3-9(17)7-21/h8-9,11-13H,5-7,10,20H2,1-4H3,(H,21,22)(H,23,25);8-9,12-13H,1,5-7,10,20H2,2-4H3,(H,21,22)(H,23,25);8-9,11-12H,2-7,10,19H2,1H3,(H,20,21)(H,22,24);6-7,9,24H,3-5,8,18H2,1-2H3,(H,19,20)(H,21,23);6-7,9H,2-5,8,17H2,1H3,(H,19,20)(H2,18,21,23);5-6,8-9,22H,2-4,7,17H2,1H3,(H,18,19)(H,20,23)/t2*13-;12-;2*9-;8-,9+/m111110/s1. The number of carbonyl (C=O) groups excluding carboxylic acids is 6. The van der Waals surface area contributed by atoms with E-state index in [9.17, 15) is 39.0 Å². The highest BCUT2D eigenvalue weighted by Gasteiger charge is 2.35. The highest BCUT2D eigenvalue weighted by molar-refractivity contribution is 9.11. The summed E-state index contributed by atoms with van der Waals surface area (Å²) in [6, 6.07) is 0.692. The van der Waals surface area contributed by atoms with Crippen LogP contribution in [0.2, 0.25) is 5.02 Å². The van der Waals surface area contributed by atoms with E-state index in [-0.39, 0.29) is 71.8 Å². The number of piperidine rings is 6. The number of hydrogen-bond donors (Lipinski definition) is 21. The Bertz CT molecular complexity index is 6580. The second-order valence-corrected chi connectivity index (χ2v) is 43.3. The van der Waals surface area contributed by atoms with Gasteiger partial charge in [-0.3, -0.25) is 24.0 Å². The molecule has 0 unspecified atom stereocenters. The van der Waals surface area contributed by atoms with Gasteiger partial charge in [0.15, 0.2) is 0 Å². The van der Waals surface area contributed by atoms with Crippen LogP contribution in [-0.4, -0.2) is 245 Å². The molecule has 7 amide bonds. The molecule has 12 aromatic heterocycles. The van der Waals surface area contributed by atoms with Gasteiger partial charge in [-0.1, -0.05) is 59.7 Å². The van der Waals surface area contributed by atoms with E-state index in [0.29, 0.717) is 64.7 Å². The highest BCUT2D eigenvalue weighted by Crippen LogP contribution is 2.47. The topological polar surface area (TPSA) is 575 Å². The fraction of sp³-hybridized carbons (Fsp3) is 0.510. The molecule has 6 saturated heterocycles. The van der Waals surface area contributed by atoms with Crippen LogP contribution < -0.4 is 101 Å².